The Balaban J connectivity index is 2.23. The van der Waals surface area contributed by atoms with Crippen LogP contribution >= 0.6 is 34.8 Å². The van der Waals surface area contributed by atoms with E-state index in [1.54, 1.807) is 12.1 Å². The predicted molar refractivity (Wildman–Crippen MR) is 79.7 cm³/mol. The van der Waals surface area contributed by atoms with Crippen LogP contribution in [-0.2, 0) is 4.74 Å². The SMILES string of the molecule is CC(C)[NH2+]CCOCCOc1c(Cl)cc(Cl)cc1Cl. The lowest BCUT2D eigenvalue weighted by Gasteiger charge is -2.10. The van der Waals surface area contributed by atoms with Crippen molar-refractivity contribution in [2.24, 2.45) is 0 Å². The molecule has 0 heterocycles. The highest BCUT2D eigenvalue weighted by atomic mass is 35.5. The molecule has 0 amide bonds. The third-order valence-corrected chi connectivity index (χ3v) is 3.12. The normalized spacial score (nSPS) is 11.1. The van der Waals surface area contributed by atoms with E-state index >= 15 is 0 Å². The number of halogens is 3. The number of quaternary nitrogens is 1. The molecule has 108 valence electrons. The number of benzene rings is 1. The molecule has 0 aliphatic carbocycles. The Hall–Kier alpha value is -0.190. The second-order valence-corrected chi connectivity index (χ2v) is 5.68. The molecule has 0 saturated heterocycles. The Morgan fingerprint density at radius 2 is 1.68 bits per heavy atom. The van der Waals surface area contributed by atoms with Gasteiger partial charge in [0.05, 0.1) is 35.8 Å². The van der Waals surface area contributed by atoms with E-state index in [4.69, 9.17) is 44.3 Å². The molecule has 1 aromatic rings. The molecule has 1 aromatic carbocycles. The largest absolute Gasteiger partial charge is 0.488 e. The van der Waals surface area contributed by atoms with Gasteiger partial charge in [0.15, 0.2) is 5.75 Å². The minimum atomic E-state index is 0.406. The van der Waals surface area contributed by atoms with Gasteiger partial charge >= 0.3 is 0 Å². The van der Waals surface area contributed by atoms with Crippen LogP contribution in [0, 0.1) is 0 Å². The van der Waals surface area contributed by atoms with Crippen LogP contribution in [0.25, 0.3) is 0 Å². The van der Waals surface area contributed by atoms with Crippen molar-refractivity contribution in [2.75, 3.05) is 26.4 Å². The first kappa shape index (κ1) is 16.9. The molecular formula is C13H19Cl3NO2+. The van der Waals surface area contributed by atoms with Crippen LogP contribution in [-0.4, -0.2) is 32.4 Å². The molecule has 1 rings (SSSR count). The number of hydrogen-bond donors (Lipinski definition) is 1. The van der Waals surface area contributed by atoms with Crippen LogP contribution in [0.5, 0.6) is 5.75 Å². The van der Waals surface area contributed by atoms with Gasteiger partial charge in [-0.15, -0.1) is 0 Å². The molecular weight excluding hydrogens is 309 g/mol. The van der Waals surface area contributed by atoms with E-state index in [0.717, 1.165) is 6.54 Å². The van der Waals surface area contributed by atoms with Gasteiger partial charge in [0.25, 0.3) is 0 Å². The van der Waals surface area contributed by atoms with Crippen LogP contribution in [0.4, 0.5) is 0 Å². The molecule has 0 atom stereocenters. The number of hydrogen-bond acceptors (Lipinski definition) is 2. The second-order valence-electron chi connectivity index (χ2n) is 4.43. The third-order valence-electron chi connectivity index (χ3n) is 2.34. The van der Waals surface area contributed by atoms with E-state index in [1.165, 1.54) is 0 Å². The maximum atomic E-state index is 5.99. The molecule has 0 bridgehead atoms. The van der Waals surface area contributed by atoms with Gasteiger partial charge in [0.2, 0.25) is 0 Å². The Morgan fingerprint density at radius 3 is 2.26 bits per heavy atom. The van der Waals surface area contributed by atoms with E-state index in [9.17, 15) is 0 Å². The van der Waals surface area contributed by atoms with Crippen LogP contribution in [0.15, 0.2) is 12.1 Å². The predicted octanol–water partition coefficient (Wildman–Crippen LogP) is 3.01. The Labute approximate surface area is 129 Å². The summed E-state index contributed by atoms with van der Waals surface area (Å²) >= 11 is 17.8. The van der Waals surface area contributed by atoms with Gasteiger partial charge in [0.1, 0.15) is 6.61 Å². The van der Waals surface area contributed by atoms with Gasteiger partial charge in [-0.2, -0.15) is 0 Å². The standard InChI is InChI=1S/C13H18Cl3NO2/c1-9(2)17-3-4-18-5-6-19-13-11(15)7-10(14)8-12(13)16/h7-9,17H,3-6H2,1-2H3/p+1. The molecule has 0 saturated carbocycles. The zero-order valence-electron chi connectivity index (χ0n) is 11.1. The first-order valence-electron chi connectivity index (χ1n) is 6.19. The molecule has 0 aromatic heterocycles. The summed E-state index contributed by atoms with van der Waals surface area (Å²) in [5.41, 5.74) is 0. The van der Waals surface area contributed by atoms with Crippen molar-refractivity contribution in [3.63, 3.8) is 0 Å². The molecule has 0 aliphatic rings. The van der Waals surface area contributed by atoms with Gasteiger partial charge in [-0.1, -0.05) is 34.8 Å². The maximum Gasteiger partial charge on any atom is 0.156 e. The van der Waals surface area contributed by atoms with E-state index in [0.29, 0.717) is 46.7 Å². The van der Waals surface area contributed by atoms with Crippen LogP contribution < -0.4 is 10.1 Å². The van der Waals surface area contributed by atoms with Gasteiger partial charge in [-0.05, 0) is 26.0 Å². The quantitative estimate of drug-likeness (QED) is 0.745. The van der Waals surface area contributed by atoms with Gasteiger partial charge in [0, 0.05) is 5.02 Å². The number of ether oxygens (including phenoxy) is 2. The van der Waals surface area contributed by atoms with Crippen molar-refractivity contribution in [2.45, 2.75) is 19.9 Å². The van der Waals surface area contributed by atoms with Crippen molar-refractivity contribution in [3.05, 3.63) is 27.2 Å². The summed E-state index contributed by atoms with van der Waals surface area (Å²) in [4.78, 5) is 0. The van der Waals surface area contributed by atoms with Crippen LogP contribution in [0.3, 0.4) is 0 Å². The Bertz CT molecular complexity index is 376. The molecule has 6 heteroatoms. The van der Waals surface area contributed by atoms with Crippen molar-refractivity contribution >= 4 is 34.8 Å². The average molecular weight is 328 g/mol. The lowest BCUT2D eigenvalue weighted by Crippen LogP contribution is -2.89. The molecule has 19 heavy (non-hydrogen) atoms. The summed E-state index contributed by atoms with van der Waals surface area (Å²) in [6.07, 6.45) is 0. The maximum absolute atomic E-state index is 5.99. The van der Waals surface area contributed by atoms with Crippen molar-refractivity contribution < 1.29 is 14.8 Å². The van der Waals surface area contributed by atoms with Crippen molar-refractivity contribution in [1.82, 2.24) is 0 Å². The molecule has 0 fully saturated rings. The summed E-state index contributed by atoms with van der Waals surface area (Å²) in [6.45, 7) is 6.84. The van der Waals surface area contributed by atoms with Crippen molar-refractivity contribution in [1.29, 1.82) is 0 Å². The summed E-state index contributed by atoms with van der Waals surface area (Å²) in [5, 5.41) is 3.52. The fourth-order valence-electron chi connectivity index (χ4n) is 1.46. The van der Waals surface area contributed by atoms with E-state index in [2.05, 4.69) is 19.2 Å². The van der Waals surface area contributed by atoms with Crippen LogP contribution in [0.1, 0.15) is 13.8 Å². The summed E-state index contributed by atoms with van der Waals surface area (Å²) in [7, 11) is 0. The number of rotatable bonds is 8. The fourth-order valence-corrected chi connectivity index (χ4v) is 2.38. The first-order chi connectivity index (χ1) is 9.00. The van der Waals surface area contributed by atoms with Gasteiger partial charge in [-0.3, -0.25) is 0 Å². The Morgan fingerprint density at radius 1 is 1.05 bits per heavy atom. The third kappa shape index (κ3) is 6.68. The highest BCUT2D eigenvalue weighted by Crippen LogP contribution is 2.35. The zero-order valence-corrected chi connectivity index (χ0v) is 13.4. The highest BCUT2D eigenvalue weighted by molar-refractivity contribution is 6.40. The average Bonchev–Trinajstić information content (AvgIpc) is 2.30. The summed E-state index contributed by atoms with van der Waals surface area (Å²) in [5.74, 6) is 0.449. The molecule has 3 nitrogen and oxygen atoms in total. The zero-order chi connectivity index (χ0) is 14.3. The minimum absolute atomic E-state index is 0.406. The first-order valence-corrected chi connectivity index (χ1v) is 7.32. The minimum Gasteiger partial charge on any atom is -0.488 e. The molecule has 0 aliphatic heterocycles. The van der Waals surface area contributed by atoms with Gasteiger partial charge in [-0.25, -0.2) is 0 Å². The molecule has 0 unspecified atom stereocenters. The molecule has 0 spiro atoms. The van der Waals surface area contributed by atoms with E-state index < -0.39 is 0 Å². The fraction of sp³-hybridized carbons (Fsp3) is 0.538. The van der Waals surface area contributed by atoms with E-state index in [1.807, 2.05) is 0 Å². The second kappa shape index (κ2) is 8.88. The molecule has 0 radical (unpaired) electrons. The van der Waals surface area contributed by atoms with E-state index in [-0.39, 0.29) is 0 Å². The smallest absolute Gasteiger partial charge is 0.156 e. The number of nitrogens with two attached hydrogens (primary N) is 1. The summed E-state index contributed by atoms with van der Waals surface area (Å²) in [6, 6.07) is 3.79. The van der Waals surface area contributed by atoms with Gasteiger partial charge < -0.3 is 14.8 Å². The van der Waals surface area contributed by atoms with Crippen LogP contribution in [0.2, 0.25) is 15.1 Å². The lowest BCUT2D eigenvalue weighted by molar-refractivity contribution is -0.684. The lowest BCUT2D eigenvalue weighted by atomic mass is 10.3. The topological polar surface area (TPSA) is 35.1 Å². The molecule has 2 N–H and O–H groups in total. The summed E-state index contributed by atoms with van der Waals surface area (Å²) < 4.78 is 10.9. The monoisotopic (exact) mass is 326 g/mol. The Kier molecular flexibility index (Phi) is 7.88. The highest BCUT2D eigenvalue weighted by Gasteiger charge is 2.08. The van der Waals surface area contributed by atoms with Crippen molar-refractivity contribution in [3.8, 4) is 5.75 Å².